The Hall–Kier alpha value is -3.81. The van der Waals surface area contributed by atoms with Gasteiger partial charge in [-0.25, -0.2) is 9.07 Å². The number of nitrogens with one attached hydrogen (secondary N) is 2. The summed E-state index contributed by atoms with van der Waals surface area (Å²) in [4.78, 5) is 24.7. The van der Waals surface area contributed by atoms with Gasteiger partial charge in [0.05, 0.1) is 5.69 Å². The van der Waals surface area contributed by atoms with Gasteiger partial charge in [-0.3, -0.25) is 9.59 Å². The Labute approximate surface area is 179 Å². The number of amides is 2. The quantitative estimate of drug-likeness (QED) is 0.615. The number of carbonyl (C=O) groups is 2. The highest BCUT2D eigenvalue weighted by Crippen LogP contribution is 2.22. The van der Waals surface area contributed by atoms with Crippen LogP contribution in [0.5, 0.6) is 0 Å². The van der Waals surface area contributed by atoms with E-state index in [1.165, 1.54) is 10.7 Å². The van der Waals surface area contributed by atoms with Crippen molar-refractivity contribution in [3.63, 3.8) is 0 Å². The number of nitrogens with zero attached hydrogens (tertiary/aromatic N) is 3. The molecule has 3 aromatic rings. The molecular weight excluding hydrogens is 397 g/mol. The maximum absolute atomic E-state index is 14.1. The molecule has 1 fully saturated rings. The lowest BCUT2D eigenvalue weighted by molar-refractivity contribution is 0.0941. The Morgan fingerprint density at radius 1 is 1.10 bits per heavy atom. The molecule has 0 saturated heterocycles. The zero-order chi connectivity index (χ0) is 21.8. The van der Waals surface area contributed by atoms with Crippen molar-refractivity contribution in [2.24, 2.45) is 0 Å². The Morgan fingerprint density at radius 2 is 1.84 bits per heavy atom. The Morgan fingerprint density at radius 3 is 2.52 bits per heavy atom. The second-order valence-corrected chi connectivity index (χ2v) is 7.24. The third kappa shape index (κ3) is 4.69. The van der Waals surface area contributed by atoms with Gasteiger partial charge in [-0.15, -0.1) is 5.10 Å². The average molecular weight is 419 g/mol. The van der Waals surface area contributed by atoms with E-state index in [0.717, 1.165) is 12.8 Å². The number of benzene rings is 2. The van der Waals surface area contributed by atoms with Gasteiger partial charge in [-0.2, -0.15) is 0 Å². The van der Waals surface area contributed by atoms with Gasteiger partial charge in [0.15, 0.2) is 5.69 Å². The topological polar surface area (TPSA) is 88.9 Å². The molecule has 31 heavy (non-hydrogen) atoms. The number of hydrogen-bond donors (Lipinski definition) is 2. The summed E-state index contributed by atoms with van der Waals surface area (Å²) < 4.78 is 15.6. The fourth-order valence-corrected chi connectivity index (χ4v) is 3.07. The van der Waals surface area contributed by atoms with Crippen LogP contribution in [0.3, 0.4) is 0 Å². The second-order valence-electron chi connectivity index (χ2n) is 7.24. The number of aromatic nitrogens is 3. The van der Waals surface area contributed by atoms with Crippen molar-refractivity contribution >= 4 is 24.0 Å². The fraction of sp³-hybridized carbons (Fsp3) is 0.217. The molecule has 1 aromatic heterocycles. The van der Waals surface area contributed by atoms with E-state index in [9.17, 15) is 14.0 Å². The highest BCUT2D eigenvalue weighted by Gasteiger charge is 2.27. The molecule has 2 N–H and O–H groups in total. The first-order chi connectivity index (χ1) is 15.1. The van der Waals surface area contributed by atoms with Crippen molar-refractivity contribution in [2.45, 2.75) is 25.8 Å². The molecule has 1 saturated carbocycles. The molecule has 0 radical (unpaired) electrons. The maximum atomic E-state index is 14.1. The Bertz CT molecular complexity index is 1130. The monoisotopic (exact) mass is 419 g/mol. The molecule has 8 heteroatoms. The largest absolute Gasteiger partial charge is 0.352 e. The van der Waals surface area contributed by atoms with Gasteiger partial charge in [-0.1, -0.05) is 23.4 Å². The molecule has 0 aliphatic heterocycles. The highest BCUT2D eigenvalue weighted by atomic mass is 19.1. The normalized spacial score (nSPS) is 13.4. The summed E-state index contributed by atoms with van der Waals surface area (Å²) in [5.41, 5.74) is 2.11. The smallest absolute Gasteiger partial charge is 0.274 e. The zero-order valence-electron chi connectivity index (χ0n) is 17.0. The minimum atomic E-state index is -0.368. The SMILES string of the molecule is CCNC(=O)c1ccc(-n2nnc(C(=O)NC3CC3)c2C=Cc2ccccc2F)cc1. The number of hydrogen-bond acceptors (Lipinski definition) is 4. The van der Waals surface area contributed by atoms with Gasteiger partial charge < -0.3 is 10.6 Å². The van der Waals surface area contributed by atoms with E-state index in [0.29, 0.717) is 29.1 Å². The molecule has 4 rings (SSSR count). The van der Waals surface area contributed by atoms with Crippen LogP contribution in [0.4, 0.5) is 4.39 Å². The molecule has 0 unspecified atom stereocenters. The summed E-state index contributed by atoms with van der Waals surface area (Å²) in [7, 11) is 0. The van der Waals surface area contributed by atoms with Gasteiger partial charge in [0.25, 0.3) is 11.8 Å². The van der Waals surface area contributed by atoms with Crippen molar-refractivity contribution in [3.8, 4) is 5.69 Å². The first kappa shape index (κ1) is 20.5. The third-order valence-corrected chi connectivity index (χ3v) is 4.87. The first-order valence-corrected chi connectivity index (χ1v) is 10.1. The average Bonchev–Trinajstić information content (AvgIpc) is 3.49. The second kappa shape index (κ2) is 8.91. The van der Waals surface area contributed by atoms with Crippen molar-refractivity contribution < 1.29 is 14.0 Å². The summed E-state index contributed by atoms with van der Waals surface area (Å²) in [5, 5.41) is 13.9. The van der Waals surface area contributed by atoms with Crippen LogP contribution in [-0.2, 0) is 0 Å². The minimum Gasteiger partial charge on any atom is -0.352 e. The van der Waals surface area contributed by atoms with Gasteiger partial charge in [0.1, 0.15) is 11.5 Å². The van der Waals surface area contributed by atoms with Crippen LogP contribution >= 0.6 is 0 Å². The standard InChI is InChI=1S/C23H22FN5O2/c1-2-25-22(30)16-7-12-18(13-8-16)29-20(14-9-15-5-3-4-6-19(15)24)21(27-28-29)23(31)26-17-10-11-17/h3-9,12-14,17H,2,10-11H2,1H3,(H,25,30)(H,26,31). The molecule has 0 atom stereocenters. The summed E-state index contributed by atoms with van der Waals surface area (Å²) >= 11 is 0. The van der Waals surface area contributed by atoms with Gasteiger partial charge in [0.2, 0.25) is 0 Å². The number of halogens is 1. The molecular formula is C23H22FN5O2. The van der Waals surface area contributed by atoms with Crippen LogP contribution in [0.25, 0.3) is 17.8 Å². The molecule has 1 aliphatic rings. The van der Waals surface area contributed by atoms with Crippen molar-refractivity contribution in [1.82, 2.24) is 25.6 Å². The van der Waals surface area contributed by atoms with Crippen LogP contribution in [-0.4, -0.2) is 39.4 Å². The van der Waals surface area contributed by atoms with Crippen LogP contribution in [0.2, 0.25) is 0 Å². The van der Waals surface area contributed by atoms with Gasteiger partial charge >= 0.3 is 0 Å². The van der Waals surface area contributed by atoms with Crippen molar-refractivity contribution in [3.05, 3.63) is 76.9 Å². The van der Waals surface area contributed by atoms with Crippen LogP contribution in [0.15, 0.2) is 48.5 Å². The van der Waals surface area contributed by atoms with Gasteiger partial charge in [-0.05, 0) is 62.2 Å². The predicted molar refractivity (Wildman–Crippen MR) is 115 cm³/mol. The lowest BCUT2D eigenvalue weighted by atomic mass is 10.1. The summed E-state index contributed by atoms with van der Waals surface area (Å²) in [5.74, 6) is -0.856. The maximum Gasteiger partial charge on any atom is 0.274 e. The summed E-state index contributed by atoms with van der Waals surface area (Å²) in [6, 6.07) is 13.3. The highest BCUT2D eigenvalue weighted by molar-refractivity contribution is 5.97. The Kier molecular flexibility index (Phi) is 5.88. The van der Waals surface area contributed by atoms with Crippen LogP contribution < -0.4 is 10.6 Å². The summed E-state index contributed by atoms with van der Waals surface area (Å²) in [6.07, 6.45) is 5.10. The zero-order valence-corrected chi connectivity index (χ0v) is 17.0. The molecule has 0 bridgehead atoms. The molecule has 2 amide bonds. The molecule has 7 nitrogen and oxygen atoms in total. The first-order valence-electron chi connectivity index (χ1n) is 10.1. The van der Waals surface area contributed by atoms with E-state index in [4.69, 9.17) is 0 Å². The molecule has 0 spiro atoms. The summed E-state index contributed by atoms with van der Waals surface area (Å²) in [6.45, 7) is 2.39. The molecule has 1 aliphatic carbocycles. The van der Waals surface area contributed by atoms with Crippen molar-refractivity contribution in [1.29, 1.82) is 0 Å². The van der Waals surface area contributed by atoms with Crippen molar-refractivity contribution in [2.75, 3.05) is 6.54 Å². The minimum absolute atomic E-state index is 0.160. The number of rotatable bonds is 7. The number of carbonyl (C=O) groups excluding carboxylic acids is 2. The van der Waals surface area contributed by atoms with Crippen LogP contribution in [0.1, 0.15) is 51.9 Å². The lowest BCUT2D eigenvalue weighted by Gasteiger charge is -2.07. The third-order valence-electron chi connectivity index (χ3n) is 4.87. The van der Waals surface area contributed by atoms with E-state index in [1.54, 1.807) is 54.6 Å². The lowest BCUT2D eigenvalue weighted by Crippen LogP contribution is -2.26. The van der Waals surface area contributed by atoms with Gasteiger partial charge in [0, 0.05) is 23.7 Å². The van der Waals surface area contributed by atoms with E-state index in [2.05, 4.69) is 20.9 Å². The predicted octanol–water partition coefficient (Wildman–Crippen LogP) is 3.22. The molecule has 2 aromatic carbocycles. The fourth-order valence-electron chi connectivity index (χ4n) is 3.07. The molecule has 158 valence electrons. The van der Waals surface area contributed by atoms with E-state index in [1.807, 2.05) is 6.92 Å². The van der Waals surface area contributed by atoms with E-state index in [-0.39, 0.29) is 29.4 Å². The van der Waals surface area contributed by atoms with E-state index < -0.39 is 0 Å². The van der Waals surface area contributed by atoms with E-state index >= 15 is 0 Å². The Balaban J connectivity index is 1.70. The van der Waals surface area contributed by atoms with Crippen LogP contribution in [0, 0.1) is 5.82 Å². The molecule has 1 heterocycles.